The lowest BCUT2D eigenvalue weighted by Crippen LogP contribution is -2.06. The summed E-state index contributed by atoms with van der Waals surface area (Å²) in [5.41, 5.74) is 0.158. The Bertz CT molecular complexity index is 347. The fourth-order valence-electron chi connectivity index (χ4n) is 0.997. The number of phenolic OH excluding ortho intramolecular Hbond substituents is 1. The second-order valence-corrected chi connectivity index (χ2v) is 3.53. The zero-order valence-electron chi connectivity index (χ0n) is 7.95. The van der Waals surface area contributed by atoms with Crippen LogP contribution in [-0.4, -0.2) is 17.5 Å². The summed E-state index contributed by atoms with van der Waals surface area (Å²) in [5, 5.41) is 9.68. The largest absolute Gasteiger partial charge is 0.507 e. The van der Waals surface area contributed by atoms with E-state index in [-0.39, 0.29) is 17.4 Å². The number of carbonyl (C=O) groups is 1. The molecule has 0 spiro atoms. The van der Waals surface area contributed by atoms with Crippen molar-refractivity contribution < 1.29 is 14.6 Å². The van der Waals surface area contributed by atoms with Crippen LogP contribution in [0, 0.1) is 0 Å². The maximum Gasteiger partial charge on any atom is 0.153 e. The molecule has 0 saturated carbocycles. The van der Waals surface area contributed by atoms with E-state index in [1.807, 2.05) is 13.8 Å². The number of carbonyl (C=O) groups excluding carboxylic acids is 1. The number of benzene rings is 1. The van der Waals surface area contributed by atoms with Gasteiger partial charge in [0.25, 0.3) is 0 Å². The first kappa shape index (κ1) is 10.9. The van der Waals surface area contributed by atoms with Crippen molar-refractivity contribution in [3.8, 4) is 11.5 Å². The van der Waals surface area contributed by atoms with Crippen molar-refractivity contribution in [3.63, 3.8) is 0 Å². The van der Waals surface area contributed by atoms with E-state index in [0.717, 1.165) is 0 Å². The lowest BCUT2D eigenvalue weighted by Gasteiger charge is -2.12. The molecule has 3 nitrogen and oxygen atoms in total. The molecule has 1 N–H and O–H groups in total. The first-order valence-electron chi connectivity index (χ1n) is 4.19. The van der Waals surface area contributed by atoms with Gasteiger partial charge >= 0.3 is 0 Å². The van der Waals surface area contributed by atoms with Gasteiger partial charge in [0.15, 0.2) is 6.29 Å². The van der Waals surface area contributed by atoms with Gasteiger partial charge in [0.1, 0.15) is 11.5 Å². The first-order valence-corrected chi connectivity index (χ1v) is 4.56. The van der Waals surface area contributed by atoms with Gasteiger partial charge in [-0.2, -0.15) is 0 Å². The molecule has 14 heavy (non-hydrogen) atoms. The Hall–Kier alpha value is -1.22. The third-order valence-electron chi connectivity index (χ3n) is 1.57. The van der Waals surface area contributed by atoms with E-state index in [4.69, 9.17) is 16.3 Å². The van der Waals surface area contributed by atoms with Crippen LogP contribution < -0.4 is 4.74 Å². The Balaban J connectivity index is 3.08. The maximum absolute atomic E-state index is 10.5. The normalized spacial score (nSPS) is 10.3. The zero-order valence-corrected chi connectivity index (χ0v) is 8.71. The minimum Gasteiger partial charge on any atom is -0.507 e. The molecule has 0 fully saturated rings. The third-order valence-corrected chi connectivity index (χ3v) is 1.87. The molecule has 0 unspecified atom stereocenters. The first-order chi connectivity index (χ1) is 6.54. The molecule has 0 saturated heterocycles. The van der Waals surface area contributed by atoms with Crippen molar-refractivity contribution in [2.45, 2.75) is 20.0 Å². The van der Waals surface area contributed by atoms with Crippen LogP contribution in [0.4, 0.5) is 0 Å². The summed E-state index contributed by atoms with van der Waals surface area (Å²) in [6, 6.07) is 2.72. The highest BCUT2D eigenvalue weighted by Gasteiger charge is 2.09. The lowest BCUT2D eigenvalue weighted by molar-refractivity contribution is 0.112. The van der Waals surface area contributed by atoms with Crippen molar-refractivity contribution in [1.82, 2.24) is 0 Å². The number of rotatable bonds is 3. The van der Waals surface area contributed by atoms with Gasteiger partial charge in [0.2, 0.25) is 0 Å². The average Bonchev–Trinajstić information content (AvgIpc) is 2.10. The highest BCUT2D eigenvalue weighted by Crippen LogP contribution is 2.31. The Kier molecular flexibility index (Phi) is 3.36. The van der Waals surface area contributed by atoms with E-state index >= 15 is 0 Å². The van der Waals surface area contributed by atoms with E-state index in [0.29, 0.717) is 17.1 Å². The Morgan fingerprint density at radius 3 is 2.64 bits per heavy atom. The molecule has 0 aliphatic carbocycles. The Morgan fingerprint density at radius 2 is 2.14 bits per heavy atom. The van der Waals surface area contributed by atoms with Crippen molar-refractivity contribution in [2.24, 2.45) is 0 Å². The quantitative estimate of drug-likeness (QED) is 0.787. The van der Waals surface area contributed by atoms with Gasteiger partial charge in [-0.3, -0.25) is 4.79 Å². The van der Waals surface area contributed by atoms with Gasteiger partial charge in [0.05, 0.1) is 16.7 Å². The van der Waals surface area contributed by atoms with Crippen molar-refractivity contribution in [3.05, 3.63) is 22.7 Å². The average molecular weight is 215 g/mol. The van der Waals surface area contributed by atoms with Crippen LogP contribution in [-0.2, 0) is 0 Å². The second kappa shape index (κ2) is 4.33. The summed E-state index contributed by atoms with van der Waals surface area (Å²) < 4.78 is 5.32. The fraction of sp³-hybridized carbons (Fsp3) is 0.300. The molecule has 0 aromatic heterocycles. The summed E-state index contributed by atoms with van der Waals surface area (Å²) in [6.45, 7) is 3.70. The van der Waals surface area contributed by atoms with Crippen LogP contribution in [0.25, 0.3) is 0 Å². The molecule has 1 aromatic rings. The summed E-state index contributed by atoms with van der Waals surface area (Å²) >= 11 is 5.83. The van der Waals surface area contributed by atoms with E-state index in [1.54, 1.807) is 0 Å². The molecule has 0 amide bonds. The predicted molar refractivity (Wildman–Crippen MR) is 54.3 cm³/mol. The van der Waals surface area contributed by atoms with E-state index in [2.05, 4.69) is 0 Å². The fourth-order valence-corrected chi connectivity index (χ4v) is 1.21. The van der Waals surface area contributed by atoms with Crippen LogP contribution >= 0.6 is 11.6 Å². The minimum absolute atomic E-state index is 0.0334. The summed E-state index contributed by atoms with van der Waals surface area (Å²) in [6.07, 6.45) is 0.509. The standard InChI is InChI=1S/C10H11ClO3/c1-6(2)14-10-4-9(13)7(5-12)3-8(10)11/h3-6,13H,1-2H3. The molecule has 4 heteroatoms. The molecule has 0 aliphatic rings. The Morgan fingerprint density at radius 1 is 1.50 bits per heavy atom. The SMILES string of the molecule is CC(C)Oc1cc(O)c(C=O)cc1Cl. The summed E-state index contributed by atoms with van der Waals surface area (Å²) in [4.78, 5) is 10.5. The zero-order chi connectivity index (χ0) is 10.7. The van der Waals surface area contributed by atoms with Gasteiger partial charge < -0.3 is 9.84 Å². The number of phenols is 1. The Labute approximate surface area is 87.3 Å². The van der Waals surface area contributed by atoms with Gasteiger partial charge in [0, 0.05) is 6.07 Å². The minimum atomic E-state index is -0.125. The molecule has 0 bridgehead atoms. The van der Waals surface area contributed by atoms with E-state index < -0.39 is 0 Å². The third kappa shape index (κ3) is 2.39. The number of hydrogen-bond donors (Lipinski definition) is 1. The topological polar surface area (TPSA) is 46.5 Å². The smallest absolute Gasteiger partial charge is 0.153 e. The van der Waals surface area contributed by atoms with Crippen LogP contribution in [0.2, 0.25) is 5.02 Å². The molecular formula is C10H11ClO3. The predicted octanol–water partition coefficient (Wildman–Crippen LogP) is 2.65. The molecular weight excluding hydrogens is 204 g/mol. The molecule has 0 atom stereocenters. The molecule has 76 valence electrons. The molecule has 0 heterocycles. The summed E-state index contributed by atoms with van der Waals surface area (Å²) in [7, 11) is 0. The molecule has 0 radical (unpaired) electrons. The molecule has 0 aliphatic heterocycles. The number of aldehydes is 1. The lowest BCUT2D eigenvalue weighted by atomic mass is 10.2. The van der Waals surface area contributed by atoms with Crippen LogP contribution in [0.3, 0.4) is 0 Å². The van der Waals surface area contributed by atoms with Crippen molar-refractivity contribution in [1.29, 1.82) is 0 Å². The maximum atomic E-state index is 10.5. The van der Waals surface area contributed by atoms with Crippen LogP contribution in [0.5, 0.6) is 11.5 Å². The van der Waals surface area contributed by atoms with Gasteiger partial charge in [-0.05, 0) is 19.9 Å². The van der Waals surface area contributed by atoms with Gasteiger partial charge in [-0.25, -0.2) is 0 Å². The molecule has 1 aromatic carbocycles. The number of hydrogen-bond acceptors (Lipinski definition) is 3. The van der Waals surface area contributed by atoms with E-state index in [9.17, 15) is 9.90 Å². The number of ether oxygens (including phenoxy) is 1. The van der Waals surface area contributed by atoms with Gasteiger partial charge in [-0.15, -0.1) is 0 Å². The summed E-state index contributed by atoms with van der Waals surface area (Å²) in [5.74, 6) is 0.254. The van der Waals surface area contributed by atoms with Crippen molar-refractivity contribution in [2.75, 3.05) is 0 Å². The van der Waals surface area contributed by atoms with Crippen LogP contribution in [0.15, 0.2) is 12.1 Å². The second-order valence-electron chi connectivity index (χ2n) is 3.13. The van der Waals surface area contributed by atoms with E-state index in [1.165, 1.54) is 12.1 Å². The highest BCUT2D eigenvalue weighted by molar-refractivity contribution is 6.32. The van der Waals surface area contributed by atoms with Crippen molar-refractivity contribution >= 4 is 17.9 Å². The monoisotopic (exact) mass is 214 g/mol. The number of halogens is 1. The highest BCUT2D eigenvalue weighted by atomic mass is 35.5. The van der Waals surface area contributed by atoms with Gasteiger partial charge in [-0.1, -0.05) is 11.6 Å². The molecule has 1 rings (SSSR count). The number of aromatic hydroxyl groups is 1. The van der Waals surface area contributed by atoms with Crippen LogP contribution in [0.1, 0.15) is 24.2 Å².